The third kappa shape index (κ3) is 6.55. The molecule has 0 saturated carbocycles. The van der Waals surface area contributed by atoms with E-state index in [2.05, 4.69) is 21.5 Å². The third-order valence-corrected chi connectivity index (χ3v) is 9.45. The Balaban J connectivity index is 1.22. The van der Waals surface area contributed by atoms with Crippen LogP contribution in [0.4, 0.5) is 14.6 Å². The van der Waals surface area contributed by atoms with Gasteiger partial charge in [-0.2, -0.15) is 4.98 Å². The number of phenols is 1. The van der Waals surface area contributed by atoms with Crippen LogP contribution in [-0.2, 0) is 4.79 Å². The van der Waals surface area contributed by atoms with E-state index in [1.807, 2.05) is 20.8 Å². The number of phenolic OH excluding ortho intramolecular Hbond substituents is 1. The smallest absolute Gasteiger partial charge is 0.355 e. The first-order valence-electron chi connectivity index (χ1n) is 17.3. The molecule has 54 heavy (non-hydrogen) atoms. The molecular weight excluding hydrogens is 698 g/mol. The minimum absolute atomic E-state index is 0.00810. The molecule has 4 aromatic heterocycles. The number of hydrogen-bond donors (Lipinski definition) is 1. The molecule has 0 radical (unpaired) electrons. The molecule has 7 rings (SSSR count). The van der Waals surface area contributed by atoms with Crippen LogP contribution >= 0.6 is 0 Å². The predicted octanol–water partition coefficient (Wildman–Crippen LogP) is 6.04. The lowest BCUT2D eigenvalue weighted by atomic mass is 10.0. The number of nitrogens with zero attached hydrogens (tertiary/aromatic N) is 6. The number of rotatable bonds is 8. The van der Waals surface area contributed by atoms with Gasteiger partial charge < -0.3 is 24.1 Å². The van der Waals surface area contributed by atoms with E-state index in [0.717, 1.165) is 17.5 Å². The summed E-state index contributed by atoms with van der Waals surface area (Å²) in [6, 6.07) is 14.0. The van der Waals surface area contributed by atoms with E-state index in [1.165, 1.54) is 22.8 Å². The van der Waals surface area contributed by atoms with Crippen molar-refractivity contribution in [3.05, 3.63) is 123 Å². The monoisotopic (exact) mass is 734 g/mol. The summed E-state index contributed by atoms with van der Waals surface area (Å²) in [4.78, 5) is 56.3. The van der Waals surface area contributed by atoms with Gasteiger partial charge in [0.05, 0.1) is 22.3 Å². The number of ether oxygens (including phenoxy) is 1. The maximum absolute atomic E-state index is 16.1. The zero-order valence-electron chi connectivity index (χ0n) is 30.0. The lowest BCUT2D eigenvalue weighted by Gasteiger charge is -2.41. The van der Waals surface area contributed by atoms with Crippen LogP contribution < -0.4 is 21.0 Å². The lowest BCUT2D eigenvalue weighted by Crippen LogP contribution is -2.54. The molecule has 1 amide bonds. The van der Waals surface area contributed by atoms with Gasteiger partial charge in [-0.1, -0.05) is 26.5 Å². The maximum atomic E-state index is 16.1. The Labute approximate surface area is 307 Å². The number of pyridine rings is 2. The molecular formula is C40H36F2N6O6. The summed E-state index contributed by atoms with van der Waals surface area (Å²) in [6.45, 7) is 12.0. The van der Waals surface area contributed by atoms with Crippen LogP contribution in [0.2, 0.25) is 0 Å². The average Bonchev–Trinajstić information content (AvgIpc) is 3.13. The number of amides is 1. The van der Waals surface area contributed by atoms with E-state index >= 15 is 8.78 Å². The highest BCUT2D eigenvalue weighted by atomic mass is 19.1. The zero-order chi connectivity index (χ0) is 38.4. The van der Waals surface area contributed by atoms with Crippen molar-refractivity contribution >= 4 is 33.7 Å². The van der Waals surface area contributed by atoms with Gasteiger partial charge in [-0.05, 0) is 67.8 Å². The molecule has 1 fully saturated rings. The Morgan fingerprint density at radius 2 is 1.83 bits per heavy atom. The van der Waals surface area contributed by atoms with E-state index in [1.54, 1.807) is 53.3 Å². The van der Waals surface area contributed by atoms with E-state index in [0.29, 0.717) is 28.3 Å². The van der Waals surface area contributed by atoms with Crippen molar-refractivity contribution in [2.24, 2.45) is 0 Å². The number of fused-ring (bicyclic) bond motifs is 2. The summed E-state index contributed by atoms with van der Waals surface area (Å²) in [5, 5.41) is 11.5. The number of hydrogen-bond acceptors (Lipinski definition) is 10. The predicted molar refractivity (Wildman–Crippen MR) is 199 cm³/mol. The molecule has 1 N–H and O–H groups in total. The molecule has 14 heteroatoms. The van der Waals surface area contributed by atoms with Gasteiger partial charge in [0, 0.05) is 55.0 Å². The molecule has 6 aromatic rings. The molecule has 0 unspecified atom stereocenters. The molecule has 0 aliphatic carbocycles. The topological polar surface area (TPSA) is 144 Å². The van der Waals surface area contributed by atoms with Crippen molar-refractivity contribution in [1.82, 2.24) is 24.4 Å². The number of carbonyl (C=O) groups is 1. The second-order valence-electron chi connectivity index (χ2n) is 13.5. The third-order valence-electron chi connectivity index (χ3n) is 9.45. The minimum atomic E-state index is -0.936. The van der Waals surface area contributed by atoms with E-state index in [4.69, 9.17) is 9.15 Å². The van der Waals surface area contributed by atoms with Gasteiger partial charge in [0.25, 0.3) is 5.91 Å². The average molecular weight is 735 g/mol. The van der Waals surface area contributed by atoms with Crippen molar-refractivity contribution in [3.63, 3.8) is 0 Å². The van der Waals surface area contributed by atoms with Crippen LogP contribution in [-0.4, -0.2) is 67.7 Å². The molecule has 2 aromatic carbocycles. The summed E-state index contributed by atoms with van der Waals surface area (Å²) >= 11 is 0. The standard InChI is InChI=1S/C40H36F2N6O6/c1-21(2)34-36(22(3)13-14-43-34)48-38-27(18-29(42)35(44-38)33-28(41)7-6-8-30(33)49)37(45-40(48)52)47-16-15-46(19-24(47)5)39(51)23(4)20-53-26-11-9-25-10-12-32(50)54-31(25)17-26/h6-14,17-18,21,24,49H,4,15-16,19-20H2,1-3,5H3/t24-/m0/s1. The zero-order valence-corrected chi connectivity index (χ0v) is 30.0. The van der Waals surface area contributed by atoms with E-state index in [-0.39, 0.29) is 60.5 Å². The molecule has 12 nitrogen and oxygen atoms in total. The number of carbonyl (C=O) groups excluding carboxylic acids is 1. The maximum Gasteiger partial charge on any atom is 0.355 e. The van der Waals surface area contributed by atoms with Crippen LogP contribution in [0.15, 0.2) is 93.0 Å². The van der Waals surface area contributed by atoms with Gasteiger partial charge in [-0.25, -0.2) is 27.9 Å². The van der Waals surface area contributed by atoms with Crippen LogP contribution in [0.25, 0.3) is 38.9 Å². The number of aromatic nitrogens is 4. The SMILES string of the molecule is C=C(COc1ccc2ccc(=O)oc2c1)C(=O)N1CCN(c2nc(=O)n(-c3c(C)ccnc3C(C)C)c3nc(-c4c(O)cccc4F)c(F)cc23)[C@@H](C)C1. The largest absolute Gasteiger partial charge is 0.507 e. The molecule has 276 valence electrons. The van der Waals surface area contributed by atoms with Gasteiger partial charge in [0.15, 0.2) is 11.5 Å². The first kappa shape index (κ1) is 35.9. The molecule has 1 aliphatic heterocycles. The van der Waals surface area contributed by atoms with Crippen molar-refractivity contribution in [2.75, 3.05) is 31.1 Å². The van der Waals surface area contributed by atoms with Crippen molar-refractivity contribution in [2.45, 2.75) is 39.7 Å². The Bertz CT molecular complexity index is 2580. The van der Waals surface area contributed by atoms with E-state index < -0.39 is 46.0 Å². The normalized spacial score (nSPS) is 14.6. The lowest BCUT2D eigenvalue weighted by molar-refractivity contribution is -0.128. The number of benzene rings is 2. The summed E-state index contributed by atoms with van der Waals surface area (Å²) in [5.74, 6) is -2.27. The quantitative estimate of drug-likeness (QED) is 0.145. The van der Waals surface area contributed by atoms with Gasteiger partial charge in [0.2, 0.25) is 0 Å². The molecule has 0 bridgehead atoms. The molecule has 5 heterocycles. The van der Waals surface area contributed by atoms with Gasteiger partial charge in [-0.15, -0.1) is 0 Å². The van der Waals surface area contributed by atoms with Crippen molar-refractivity contribution in [1.29, 1.82) is 0 Å². The highest BCUT2D eigenvalue weighted by molar-refractivity contribution is 5.94. The first-order valence-corrected chi connectivity index (χ1v) is 17.3. The summed E-state index contributed by atoms with van der Waals surface area (Å²) in [6.07, 6.45) is 1.63. The second-order valence-corrected chi connectivity index (χ2v) is 13.5. The molecule has 0 spiro atoms. The molecule has 1 aliphatic rings. The Hall–Kier alpha value is -6.44. The van der Waals surface area contributed by atoms with Crippen molar-refractivity contribution in [3.8, 4) is 28.4 Å². The van der Waals surface area contributed by atoms with Gasteiger partial charge >= 0.3 is 11.3 Å². The number of halogens is 2. The number of piperazine rings is 1. The fourth-order valence-electron chi connectivity index (χ4n) is 6.78. The minimum Gasteiger partial charge on any atom is -0.507 e. The molecule has 1 saturated heterocycles. The number of aromatic hydroxyl groups is 1. The highest BCUT2D eigenvalue weighted by Crippen LogP contribution is 2.37. The Kier molecular flexibility index (Phi) is 9.44. The van der Waals surface area contributed by atoms with Crippen LogP contribution in [0.3, 0.4) is 0 Å². The first-order chi connectivity index (χ1) is 25.8. The number of anilines is 1. The van der Waals surface area contributed by atoms with Gasteiger partial charge in [0.1, 0.15) is 41.0 Å². The van der Waals surface area contributed by atoms with Crippen LogP contribution in [0, 0.1) is 18.6 Å². The Morgan fingerprint density at radius 3 is 2.57 bits per heavy atom. The van der Waals surface area contributed by atoms with E-state index in [9.17, 15) is 19.5 Å². The Morgan fingerprint density at radius 1 is 1.06 bits per heavy atom. The van der Waals surface area contributed by atoms with Crippen molar-refractivity contribution < 1.29 is 27.8 Å². The summed E-state index contributed by atoms with van der Waals surface area (Å²) in [5.41, 5.74) is 0.0796. The number of aryl methyl sites for hydroxylation is 1. The summed E-state index contributed by atoms with van der Waals surface area (Å²) in [7, 11) is 0. The fraction of sp³-hybridized carbons (Fsp3) is 0.250. The van der Waals surface area contributed by atoms with Crippen LogP contribution in [0.5, 0.6) is 11.5 Å². The van der Waals surface area contributed by atoms with Gasteiger partial charge in [-0.3, -0.25) is 9.78 Å². The summed E-state index contributed by atoms with van der Waals surface area (Å²) < 4.78 is 43.5. The van der Waals surface area contributed by atoms with Crippen LogP contribution in [0.1, 0.15) is 37.9 Å². The fourth-order valence-corrected chi connectivity index (χ4v) is 6.78. The highest BCUT2D eigenvalue weighted by Gasteiger charge is 2.32. The second kappa shape index (κ2) is 14.2. The molecule has 1 atom stereocenters.